The number of nitrogens with zero attached hydrogens (tertiary/aromatic N) is 3. The van der Waals surface area contributed by atoms with E-state index in [-0.39, 0.29) is 25.7 Å². The molecule has 4 unspecified atom stereocenters. The summed E-state index contributed by atoms with van der Waals surface area (Å²) in [6.07, 6.45) is 15.1. The molecule has 9 nitrogen and oxygen atoms in total. The molecule has 0 radical (unpaired) electrons. The molecule has 1 aromatic rings. The molecule has 1 heterocycles. The number of carbonyl (C=O) groups is 1. The average Bonchev–Trinajstić information content (AvgIpc) is 3.55. The first-order valence-corrected chi connectivity index (χ1v) is 18.7. The van der Waals surface area contributed by atoms with Crippen LogP contribution >= 0.6 is 7.60 Å². The van der Waals surface area contributed by atoms with Crippen molar-refractivity contribution in [2.75, 3.05) is 13.2 Å². The summed E-state index contributed by atoms with van der Waals surface area (Å²) in [6.45, 7) is 11.9. The van der Waals surface area contributed by atoms with Crippen molar-refractivity contribution >= 4 is 13.6 Å². The third-order valence-electron chi connectivity index (χ3n) is 12.7. The van der Waals surface area contributed by atoms with Crippen molar-refractivity contribution in [1.82, 2.24) is 15.0 Å². The highest BCUT2D eigenvalue weighted by Gasteiger charge is 2.60. The summed E-state index contributed by atoms with van der Waals surface area (Å²) >= 11 is 0. The van der Waals surface area contributed by atoms with Crippen molar-refractivity contribution in [3.63, 3.8) is 0 Å². The third kappa shape index (κ3) is 6.39. The monoisotopic (exact) mass is 621 g/mol. The van der Waals surface area contributed by atoms with Gasteiger partial charge in [-0.15, -0.1) is 5.10 Å². The maximum absolute atomic E-state index is 13.1. The summed E-state index contributed by atoms with van der Waals surface area (Å²) in [5.41, 5.74) is 0.0290. The summed E-state index contributed by atoms with van der Waals surface area (Å²) in [5.74, 6) is 3.43. The van der Waals surface area contributed by atoms with Crippen molar-refractivity contribution in [1.29, 1.82) is 0 Å². The lowest BCUT2D eigenvalue weighted by Gasteiger charge is -2.61. The molecule has 43 heavy (non-hydrogen) atoms. The molecule has 0 bridgehead atoms. The zero-order chi connectivity index (χ0) is 31.0. The number of hydrogen-bond donors (Lipinski definition) is 2. The molecule has 0 amide bonds. The maximum Gasteiger partial charge on any atom is 0.345 e. The van der Waals surface area contributed by atoms with Crippen LogP contribution in [0.3, 0.4) is 0 Å². The second-order valence-electron chi connectivity index (χ2n) is 14.8. The fraction of sp³-hybridized carbons (Fsp3) is 0.909. The predicted molar refractivity (Wildman–Crippen MR) is 166 cm³/mol. The van der Waals surface area contributed by atoms with Crippen LogP contribution in [0.25, 0.3) is 0 Å². The van der Waals surface area contributed by atoms with E-state index >= 15 is 0 Å². The molecule has 4 aliphatic carbocycles. The van der Waals surface area contributed by atoms with Gasteiger partial charge in [0.25, 0.3) is 0 Å². The molecule has 4 aliphatic rings. The minimum Gasteiger partial charge on any atom is -0.481 e. The number of aromatic nitrogens is 3. The van der Waals surface area contributed by atoms with E-state index in [1.165, 1.54) is 44.9 Å². The molecule has 10 heteroatoms. The minimum atomic E-state index is -3.82. The smallest absolute Gasteiger partial charge is 0.345 e. The number of carboxylic acid groups (broad SMARTS) is 1. The van der Waals surface area contributed by atoms with Gasteiger partial charge in [0.05, 0.1) is 25.0 Å². The first-order valence-electron chi connectivity index (χ1n) is 17.1. The fourth-order valence-corrected chi connectivity index (χ4v) is 12.5. The minimum absolute atomic E-state index is 0.0482. The van der Waals surface area contributed by atoms with E-state index in [9.17, 15) is 19.6 Å². The maximum atomic E-state index is 13.1. The van der Waals surface area contributed by atoms with Crippen LogP contribution in [0.1, 0.15) is 111 Å². The molecular weight excluding hydrogens is 565 g/mol. The van der Waals surface area contributed by atoms with Gasteiger partial charge in [-0.25, -0.2) is 0 Å². The van der Waals surface area contributed by atoms with E-state index in [4.69, 9.17) is 9.05 Å². The van der Waals surface area contributed by atoms with E-state index in [1.807, 2.05) is 0 Å². The molecular formula is C33H56N3O6P. The van der Waals surface area contributed by atoms with Gasteiger partial charge in [-0.2, -0.15) is 0 Å². The SMILES string of the molecule is CCOP(=O)(OCC)C(Cc1cn(CCC[C@@H](C)C2CC[C@H]3C4CC[C@@H]5C[C@H](O)CC[C@]5(C)C4CC[C@]23C)nn1)C(=O)O. The Morgan fingerprint density at radius 3 is 2.47 bits per heavy atom. The highest BCUT2D eigenvalue weighted by atomic mass is 31.2. The normalized spacial score (nSPS) is 37.3. The molecule has 2 N–H and O–H groups in total. The summed E-state index contributed by atoms with van der Waals surface area (Å²) < 4.78 is 25.5. The van der Waals surface area contributed by atoms with Crippen molar-refractivity contribution in [2.45, 2.75) is 130 Å². The molecule has 5 rings (SSSR count). The molecule has 0 spiro atoms. The van der Waals surface area contributed by atoms with Gasteiger partial charge in [-0.1, -0.05) is 26.0 Å². The number of aliphatic hydroxyl groups is 1. The van der Waals surface area contributed by atoms with Gasteiger partial charge < -0.3 is 19.3 Å². The number of fused-ring (bicyclic) bond motifs is 5. The molecule has 4 saturated carbocycles. The van der Waals surface area contributed by atoms with Crippen LogP contribution in [-0.2, 0) is 31.4 Å². The summed E-state index contributed by atoms with van der Waals surface area (Å²) in [6, 6.07) is 0. The number of aryl methyl sites for hydroxylation is 1. The van der Waals surface area contributed by atoms with Crippen LogP contribution in [0.15, 0.2) is 6.20 Å². The first kappa shape index (κ1) is 33.1. The Hall–Kier alpha value is -1.28. The van der Waals surface area contributed by atoms with Crippen LogP contribution in [0.4, 0.5) is 0 Å². The van der Waals surface area contributed by atoms with E-state index in [0.29, 0.717) is 28.4 Å². The molecule has 0 saturated heterocycles. The van der Waals surface area contributed by atoms with E-state index < -0.39 is 19.2 Å². The van der Waals surface area contributed by atoms with Gasteiger partial charge in [0.2, 0.25) is 0 Å². The van der Waals surface area contributed by atoms with Gasteiger partial charge in [-0.3, -0.25) is 14.0 Å². The van der Waals surface area contributed by atoms with Gasteiger partial charge in [-0.05, 0) is 131 Å². The lowest BCUT2D eigenvalue weighted by atomic mass is 9.44. The summed E-state index contributed by atoms with van der Waals surface area (Å²) in [7, 11) is -3.82. The number of aliphatic carboxylic acids is 1. The Morgan fingerprint density at radius 1 is 1.07 bits per heavy atom. The van der Waals surface area contributed by atoms with Crippen LogP contribution in [-0.4, -0.2) is 56.2 Å². The van der Waals surface area contributed by atoms with Gasteiger partial charge in [0.1, 0.15) is 0 Å². The number of carboxylic acids is 1. The molecule has 1 aromatic heterocycles. The number of hydrogen-bond acceptors (Lipinski definition) is 7. The summed E-state index contributed by atoms with van der Waals surface area (Å²) in [5, 5.41) is 28.6. The number of aliphatic hydroxyl groups excluding tert-OH is 1. The Labute approximate surface area is 258 Å². The van der Waals surface area contributed by atoms with Crippen molar-refractivity contribution in [2.24, 2.45) is 46.3 Å². The zero-order valence-electron chi connectivity index (χ0n) is 27.1. The molecule has 10 atom stereocenters. The average molecular weight is 622 g/mol. The van der Waals surface area contributed by atoms with Gasteiger partial charge >= 0.3 is 13.6 Å². The quantitative estimate of drug-likeness (QED) is 0.226. The van der Waals surface area contributed by atoms with Crippen molar-refractivity contribution < 1.29 is 28.6 Å². The molecule has 244 valence electrons. The van der Waals surface area contributed by atoms with Gasteiger partial charge in [0, 0.05) is 19.2 Å². The third-order valence-corrected chi connectivity index (χ3v) is 15.1. The van der Waals surface area contributed by atoms with Crippen LogP contribution < -0.4 is 0 Å². The second kappa shape index (κ2) is 13.2. The summed E-state index contributed by atoms with van der Waals surface area (Å²) in [4.78, 5) is 12.0. The highest BCUT2D eigenvalue weighted by molar-refractivity contribution is 7.55. The predicted octanol–water partition coefficient (Wildman–Crippen LogP) is 6.98. The van der Waals surface area contributed by atoms with E-state index in [1.54, 1.807) is 24.7 Å². The molecule has 0 aromatic carbocycles. The Morgan fingerprint density at radius 2 is 1.77 bits per heavy atom. The van der Waals surface area contributed by atoms with E-state index in [2.05, 4.69) is 31.1 Å². The Bertz CT molecular complexity index is 1150. The standard InChI is InChI=1S/C33H56N3O6P/c1-6-41-43(40,42-7-2)30(31(38)39)20-24-21-36(35-34-24)18-8-9-22(3)27-12-13-28-26-11-10-23-19-25(37)14-16-32(23,4)29(26)15-17-33(27,28)5/h21-23,25-30,37H,6-20H2,1-5H3,(H,38,39)/t22-,23-,25-,26?,27?,28+,29?,30?,32+,33-/m1/s1. The van der Waals surface area contributed by atoms with Gasteiger partial charge in [0.15, 0.2) is 5.66 Å². The van der Waals surface area contributed by atoms with Crippen molar-refractivity contribution in [3.8, 4) is 0 Å². The van der Waals surface area contributed by atoms with E-state index in [0.717, 1.165) is 55.9 Å². The molecule has 0 aliphatic heterocycles. The Balaban J connectivity index is 1.16. The highest BCUT2D eigenvalue weighted by Crippen LogP contribution is 2.68. The Kier molecular flexibility index (Phi) is 10.2. The molecule has 4 fully saturated rings. The lowest BCUT2D eigenvalue weighted by molar-refractivity contribution is -0.137. The largest absolute Gasteiger partial charge is 0.481 e. The lowest BCUT2D eigenvalue weighted by Crippen LogP contribution is -2.54. The first-order chi connectivity index (χ1) is 20.4. The van der Waals surface area contributed by atoms with Crippen LogP contribution in [0.5, 0.6) is 0 Å². The van der Waals surface area contributed by atoms with Crippen molar-refractivity contribution in [3.05, 3.63) is 11.9 Å². The fourth-order valence-electron chi connectivity index (χ4n) is 10.6. The second-order valence-corrected chi connectivity index (χ2v) is 17.1. The topological polar surface area (TPSA) is 124 Å². The zero-order valence-corrected chi connectivity index (χ0v) is 28.0. The van der Waals surface area contributed by atoms with Crippen LogP contribution in [0, 0.1) is 46.3 Å². The van der Waals surface area contributed by atoms with Crippen LogP contribution in [0.2, 0.25) is 0 Å². The number of rotatable bonds is 13.